The Kier molecular flexibility index (Phi) is 5.59. The zero-order valence-electron chi connectivity index (χ0n) is 19.7. The number of amides is 2. The van der Waals surface area contributed by atoms with E-state index in [4.69, 9.17) is 4.74 Å². The molecule has 34 heavy (non-hydrogen) atoms. The number of carbonyl (C=O) groups excluding carboxylic acids is 2. The van der Waals surface area contributed by atoms with E-state index in [-0.39, 0.29) is 29.5 Å². The van der Waals surface area contributed by atoms with Crippen LogP contribution in [0.25, 0.3) is 16.9 Å². The van der Waals surface area contributed by atoms with E-state index in [1.54, 1.807) is 32.6 Å². The van der Waals surface area contributed by atoms with Gasteiger partial charge in [0, 0.05) is 24.2 Å². The van der Waals surface area contributed by atoms with Crippen molar-refractivity contribution in [2.45, 2.75) is 45.9 Å². The first-order valence-electron chi connectivity index (χ1n) is 11.6. The Morgan fingerprint density at radius 2 is 1.88 bits per heavy atom. The molecule has 0 spiro atoms. The molecule has 1 aromatic carbocycles. The molecular formula is C25H28FN5O3. The summed E-state index contributed by atoms with van der Waals surface area (Å²) in [6, 6.07) is 8.11. The molecule has 5 rings (SSSR count). The molecule has 178 valence electrons. The summed E-state index contributed by atoms with van der Waals surface area (Å²) in [5, 5.41) is 4.64. The summed E-state index contributed by atoms with van der Waals surface area (Å²) in [4.78, 5) is 34.0. The van der Waals surface area contributed by atoms with Crippen molar-refractivity contribution in [1.82, 2.24) is 24.4 Å². The third kappa shape index (κ3) is 3.83. The summed E-state index contributed by atoms with van der Waals surface area (Å²) in [5.74, 6) is -0.302. The molecule has 0 N–H and O–H groups in total. The van der Waals surface area contributed by atoms with Gasteiger partial charge in [-0.2, -0.15) is 5.10 Å². The van der Waals surface area contributed by atoms with Crippen molar-refractivity contribution in [3.8, 4) is 11.3 Å². The predicted molar refractivity (Wildman–Crippen MR) is 124 cm³/mol. The third-order valence-corrected chi connectivity index (χ3v) is 6.49. The smallest absolute Gasteiger partial charge is 0.274 e. The first-order valence-corrected chi connectivity index (χ1v) is 11.6. The lowest BCUT2D eigenvalue weighted by molar-refractivity contribution is -0.132. The van der Waals surface area contributed by atoms with Gasteiger partial charge in [-0.1, -0.05) is 27.7 Å². The average Bonchev–Trinajstić information content (AvgIpc) is 3.39. The molecule has 2 fully saturated rings. The van der Waals surface area contributed by atoms with Gasteiger partial charge in [-0.15, -0.1) is 0 Å². The Labute approximate surface area is 197 Å². The maximum absolute atomic E-state index is 13.4. The van der Waals surface area contributed by atoms with Crippen molar-refractivity contribution < 1.29 is 18.7 Å². The SMILES string of the molecule is CC(C)c1cc(-c2ccc(F)cc2)nn2cc(C(=O)N3CCN4C(=O)C(C(C)C)OC4C3)nc12. The van der Waals surface area contributed by atoms with Crippen LogP contribution in [0.15, 0.2) is 36.5 Å². The molecule has 4 heterocycles. The molecule has 0 bridgehead atoms. The van der Waals surface area contributed by atoms with E-state index in [1.807, 2.05) is 19.9 Å². The van der Waals surface area contributed by atoms with Crippen LogP contribution in [0.1, 0.15) is 49.7 Å². The molecule has 2 amide bonds. The van der Waals surface area contributed by atoms with Crippen molar-refractivity contribution in [3.63, 3.8) is 0 Å². The van der Waals surface area contributed by atoms with Gasteiger partial charge in [-0.05, 0) is 42.2 Å². The molecule has 3 aromatic rings. The molecule has 2 saturated heterocycles. The van der Waals surface area contributed by atoms with Crippen LogP contribution in [0.2, 0.25) is 0 Å². The number of hydrogen-bond acceptors (Lipinski definition) is 5. The zero-order valence-corrected chi connectivity index (χ0v) is 19.7. The minimum Gasteiger partial charge on any atom is -0.343 e. The lowest BCUT2D eigenvalue weighted by Gasteiger charge is -2.35. The van der Waals surface area contributed by atoms with Gasteiger partial charge >= 0.3 is 0 Å². The summed E-state index contributed by atoms with van der Waals surface area (Å²) in [5.41, 5.74) is 3.33. The fraction of sp³-hybridized carbons (Fsp3) is 0.440. The van der Waals surface area contributed by atoms with E-state index < -0.39 is 12.3 Å². The number of rotatable bonds is 4. The lowest BCUT2D eigenvalue weighted by atomic mass is 10.0. The minimum absolute atomic E-state index is 0.000994. The van der Waals surface area contributed by atoms with Crippen LogP contribution in [0, 0.1) is 11.7 Å². The Balaban J connectivity index is 1.44. The van der Waals surface area contributed by atoms with E-state index in [0.29, 0.717) is 36.7 Å². The van der Waals surface area contributed by atoms with Gasteiger partial charge in [0.15, 0.2) is 11.9 Å². The van der Waals surface area contributed by atoms with Crippen LogP contribution in [0.5, 0.6) is 0 Å². The monoisotopic (exact) mass is 465 g/mol. The van der Waals surface area contributed by atoms with Gasteiger partial charge in [0.25, 0.3) is 11.8 Å². The molecule has 9 heteroatoms. The van der Waals surface area contributed by atoms with E-state index in [0.717, 1.165) is 11.1 Å². The first kappa shape index (κ1) is 22.5. The number of aromatic nitrogens is 3. The average molecular weight is 466 g/mol. The van der Waals surface area contributed by atoms with E-state index in [2.05, 4.69) is 23.9 Å². The van der Waals surface area contributed by atoms with Crippen LogP contribution in [-0.4, -0.2) is 68.2 Å². The second-order valence-corrected chi connectivity index (χ2v) is 9.58. The van der Waals surface area contributed by atoms with Gasteiger partial charge < -0.3 is 14.5 Å². The maximum atomic E-state index is 13.4. The van der Waals surface area contributed by atoms with Gasteiger partial charge in [0.05, 0.1) is 18.4 Å². The topological polar surface area (TPSA) is 80.0 Å². The van der Waals surface area contributed by atoms with Crippen LogP contribution in [-0.2, 0) is 9.53 Å². The normalized spacial score (nSPS) is 20.6. The molecule has 0 aliphatic carbocycles. The van der Waals surface area contributed by atoms with Gasteiger partial charge in [0.2, 0.25) is 0 Å². The van der Waals surface area contributed by atoms with Gasteiger partial charge in [-0.25, -0.2) is 13.9 Å². The fourth-order valence-electron chi connectivity index (χ4n) is 4.59. The number of fused-ring (bicyclic) bond motifs is 2. The van der Waals surface area contributed by atoms with Crippen molar-refractivity contribution in [3.05, 3.63) is 53.6 Å². The molecule has 0 radical (unpaired) electrons. The molecule has 8 nitrogen and oxygen atoms in total. The van der Waals surface area contributed by atoms with E-state index >= 15 is 0 Å². The first-order chi connectivity index (χ1) is 16.2. The Morgan fingerprint density at radius 3 is 2.56 bits per heavy atom. The van der Waals surface area contributed by atoms with Crippen LogP contribution >= 0.6 is 0 Å². The highest BCUT2D eigenvalue weighted by atomic mass is 19.1. The molecule has 2 unspecified atom stereocenters. The van der Waals surface area contributed by atoms with Gasteiger partial charge in [-0.3, -0.25) is 9.59 Å². The Hall–Kier alpha value is -3.33. The number of hydrogen-bond donors (Lipinski definition) is 0. The molecular weight excluding hydrogens is 437 g/mol. The maximum Gasteiger partial charge on any atom is 0.274 e. The third-order valence-electron chi connectivity index (χ3n) is 6.49. The van der Waals surface area contributed by atoms with Crippen molar-refractivity contribution in [2.24, 2.45) is 5.92 Å². The predicted octanol–water partition coefficient (Wildman–Crippen LogP) is 3.32. The summed E-state index contributed by atoms with van der Waals surface area (Å²) >= 11 is 0. The fourth-order valence-corrected chi connectivity index (χ4v) is 4.59. The molecule has 0 saturated carbocycles. The zero-order chi connectivity index (χ0) is 24.1. The Bertz CT molecular complexity index is 1250. The molecule has 2 aliphatic rings. The summed E-state index contributed by atoms with van der Waals surface area (Å²) in [6.07, 6.45) is 0.752. The number of nitrogens with zero attached hydrogens (tertiary/aromatic N) is 5. The van der Waals surface area contributed by atoms with Crippen LogP contribution < -0.4 is 0 Å². The van der Waals surface area contributed by atoms with E-state index in [1.165, 1.54) is 12.1 Å². The van der Waals surface area contributed by atoms with Crippen LogP contribution in [0.3, 0.4) is 0 Å². The highest BCUT2D eigenvalue weighted by molar-refractivity contribution is 5.93. The highest BCUT2D eigenvalue weighted by Gasteiger charge is 2.45. The number of ether oxygens (including phenoxy) is 1. The van der Waals surface area contributed by atoms with Gasteiger partial charge in [0.1, 0.15) is 17.6 Å². The van der Waals surface area contributed by atoms with E-state index in [9.17, 15) is 14.0 Å². The Morgan fingerprint density at radius 1 is 1.15 bits per heavy atom. The number of piperazine rings is 1. The van der Waals surface area contributed by atoms with Crippen molar-refractivity contribution >= 4 is 17.5 Å². The number of halogens is 1. The molecule has 2 aromatic heterocycles. The summed E-state index contributed by atoms with van der Waals surface area (Å²) in [6.45, 7) is 9.20. The van der Waals surface area contributed by atoms with Crippen molar-refractivity contribution in [1.29, 1.82) is 0 Å². The molecule has 2 aliphatic heterocycles. The van der Waals surface area contributed by atoms with Crippen LogP contribution in [0.4, 0.5) is 4.39 Å². The standard InChI is InChI=1S/C25H28FN5O3/c1-14(2)18-11-19(16-5-7-17(26)8-6-16)28-31-12-20(27-23(18)31)24(32)29-9-10-30-21(13-29)34-22(15(3)4)25(30)33/h5-8,11-12,14-15,21-22H,9-10,13H2,1-4H3. The van der Waals surface area contributed by atoms with Crippen molar-refractivity contribution in [2.75, 3.05) is 19.6 Å². The highest BCUT2D eigenvalue weighted by Crippen LogP contribution is 2.28. The summed E-state index contributed by atoms with van der Waals surface area (Å²) in [7, 11) is 0. The number of carbonyl (C=O) groups is 2. The largest absolute Gasteiger partial charge is 0.343 e. The quantitative estimate of drug-likeness (QED) is 0.591. The molecule has 2 atom stereocenters. The number of benzene rings is 1. The second-order valence-electron chi connectivity index (χ2n) is 9.58. The summed E-state index contributed by atoms with van der Waals surface area (Å²) < 4.78 is 21.0. The number of imidazole rings is 1. The minimum atomic E-state index is -0.460. The second kappa shape index (κ2) is 8.47. The lowest BCUT2D eigenvalue weighted by Crippen LogP contribution is -2.53.